The molecule has 1 aromatic carbocycles. The van der Waals surface area contributed by atoms with E-state index in [0.29, 0.717) is 5.15 Å². The highest BCUT2D eigenvalue weighted by molar-refractivity contribution is 6.30. The van der Waals surface area contributed by atoms with Crippen LogP contribution in [0.25, 0.3) is 16.9 Å². The lowest BCUT2D eigenvalue weighted by molar-refractivity contribution is 0.902. The fourth-order valence-electron chi connectivity index (χ4n) is 1.92. The number of imidazole rings is 1. The number of halogens is 1. The summed E-state index contributed by atoms with van der Waals surface area (Å²) in [7, 11) is 0. The van der Waals surface area contributed by atoms with Crippen molar-refractivity contribution in [3.8, 4) is 5.82 Å². The van der Waals surface area contributed by atoms with Gasteiger partial charge in [-0.25, -0.2) is 4.98 Å². The van der Waals surface area contributed by atoms with Gasteiger partial charge in [-0.2, -0.15) is 0 Å². The summed E-state index contributed by atoms with van der Waals surface area (Å²) in [6.45, 7) is 3.93. The Hall–Kier alpha value is -1.94. The van der Waals surface area contributed by atoms with E-state index < -0.39 is 0 Å². The lowest BCUT2D eigenvalue weighted by Gasteiger charge is -2.09. The van der Waals surface area contributed by atoms with Crippen LogP contribution in [0.1, 0.15) is 11.1 Å². The summed E-state index contributed by atoms with van der Waals surface area (Å²) in [5.74, 6) is 0.769. The molecule has 0 atom stereocenters. The lowest BCUT2D eigenvalue weighted by Crippen LogP contribution is -2.03. The van der Waals surface area contributed by atoms with Crippen molar-refractivity contribution >= 4 is 22.6 Å². The Morgan fingerprint density at radius 2 is 1.83 bits per heavy atom. The number of aromatic nitrogens is 4. The predicted molar refractivity (Wildman–Crippen MR) is 71.1 cm³/mol. The molecule has 0 unspecified atom stereocenters. The Kier molecular flexibility index (Phi) is 2.52. The van der Waals surface area contributed by atoms with Crippen LogP contribution in [0.3, 0.4) is 0 Å². The predicted octanol–water partition coefficient (Wildman–Crippen LogP) is 3.09. The van der Waals surface area contributed by atoms with Crippen LogP contribution in [0.15, 0.2) is 30.6 Å². The second-order valence-electron chi connectivity index (χ2n) is 4.17. The maximum atomic E-state index is 5.97. The molecule has 0 radical (unpaired) electrons. The van der Waals surface area contributed by atoms with Gasteiger partial charge in [0.05, 0.1) is 11.0 Å². The second-order valence-corrected chi connectivity index (χ2v) is 4.53. The first-order chi connectivity index (χ1) is 8.68. The van der Waals surface area contributed by atoms with Gasteiger partial charge in [-0.15, -0.1) is 10.2 Å². The van der Waals surface area contributed by atoms with E-state index in [1.165, 1.54) is 0 Å². The van der Waals surface area contributed by atoms with E-state index in [-0.39, 0.29) is 0 Å². The summed E-state index contributed by atoms with van der Waals surface area (Å²) in [4.78, 5) is 4.35. The standard InChI is InChI=1S/C13H11ClN4/c1-8-9(2)13(17-16-12(8)14)18-7-15-10-5-3-4-6-11(10)18/h3-7H,1-2H3. The molecule has 18 heavy (non-hydrogen) atoms. The smallest absolute Gasteiger partial charge is 0.164 e. The van der Waals surface area contributed by atoms with Gasteiger partial charge in [0.25, 0.3) is 0 Å². The summed E-state index contributed by atoms with van der Waals surface area (Å²) in [5.41, 5.74) is 3.90. The van der Waals surface area contributed by atoms with Gasteiger partial charge in [-0.1, -0.05) is 23.7 Å². The minimum Gasteiger partial charge on any atom is -0.281 e. The summed E-state index contributed by atoms with van der Waals surface area (Å²) < 4.78 is 1.93. The number of para-hydroxylation sites is 2. The van der Waals surface area contributed by atoms with Crippen LogP contribution >= 0.6 is 11.6 Å². The largest absolute Gasteiger partial charge is 0.281 e. The van der Waals surface area contributed by atoms with Gasteiger partial charge in [0, 0.05) is 5.56 Å². The van der Waals surface area contributed by atoms with E-state index in [1.54, 1.807) is 6.33 Å². The quantitative estimate of drug-likeness (QED) is 0.674. The number of hydrogen-bond acceptors (Lipinski definition) is 3. The third-order valence-electron chi connectivity index (χ3n) is 3.12. The second kappa shape index (κ2) is 4.07. The molecule has 90 valence electrons. The molecule has 0 saturated heterocycles. The molecule has 0 saturated carbocycles. The summed E-state index contributed by atoms with van der Waals surface area (Å²) in [5, 5.41) is 8.59. The first-order valence-electron chi connectivity index (χ1n) is 5.60. The van der Waals surface area contributed by atoms with Crippen molar-refractivity contribution in [3.63, 3.8) is 0 Å². The van der Waals surface area contributed by atoms with Crippen molar-refractivity contribution in [2.24, 2.45) is 0 Å². The zero-order valence-corrected chi connectivity index (χ0v) is 10.8. The molecule has 0 bridgehead atoms. The highest BCUT2D eigenvalue weighted by Crippen LogP contribution is 2.23. The van der Waals surface area contributed by atoms with Gasteiger partial charge in [-0.05, 0) is 31.5 Å². The van der Waals surface area contributed by atoms with Gasteiger partial charge >= 0.3 is 0 Å². The SMILES string of the molecule is Cc1c(Cl)nnc(-n2cnc3ccccc32)c1C. The average molecular weight is 259 g/mol. The minimum absolute atomic E-state index is 0.445. The Labute approximate surface area is 109 Å². The number of benzene rings is 1. The Morgan fingerprint density at radius 3 is 2.67 bits per heavy atom. The minimum atomic E-state index is 0.445. The third kappa shape index (κ3) is 1.57. The van der Waals surface area contributed by atoms with Gasteiger partial charge in [0.2, 0.25) is 0 Å². The van der Waals surface area contributed by atoms with Gasteiger partial charge < -0.3 is 0 Å². The molecule has 3 aromatic rings. The van der Waals surface area contributed by atoms with Gasteiger partial charge in [0.15, 0.2) is 11.0 Å². The summed E-state index contributed by atoms with van der Waals surface area (Å²) in [6.07, 6.45) is 1.76. The van der Waals surface area contributed by atoms with Crippen LogP contribution in [-0.4, -0.2) is 19.7 Å². The summed E-state index contributed by atoms with van der Waals surface area (Å²) in [6, 6.07) is 7.92. The topological polar surface area (TPSA) is 43.6 Å². The molecule has 0 aliphatic rings. The molecule has 5 heteroatoms. The highest BCUT2D eigenvalue weighted by atomic mass is 35.5. The molecule has 0 fully saturated rings. The van der Waals surface area contributed by atoms with Crippen molar-refractivity contribution in [2.75, 3.05) is 0 Å². The molecule has 2 heterocycles. The molecule has 0 spiro atoms. The normalized spacial score (nSPS) is 11.1. The lowest BCUT2D eigenvalue weighted by atomic mass is 10.2. The van der Waals surface area contributed by atoms with Crippen LogP contribution in [0.5, 0.6) is 0 Å². The number of fused-ring (bicyclic) bond motifs is 1. The van der Waals surface area contributed by atoms with E-state index in [4.69, 9.17) is 11.6 Å². The van der Waals surface area contributed by atoms with Crippen molar-refractivity contribution < 1.29 is 0 Å². The maximum absolute atomic E-state index is 5.97. The van der Waals surface area contributed by atoms with Crippen LogP contribution in [0, 0.1) is 13.8 Å². The zero-order valence-electron chi connectivity index (χ0n) is 10.1. The van der Waals surface area contributed by atoms with Gasteiger partial charge in [-0.3, -0.25) is 4.57 Å². The molecule has 0 amide bonds. The van der Waals surface area contributed by atoms with E-state index in [9.17, 15) is 0 Å². The van der Waals surface area contributed by atoms with Crippen LogP contribution in [-0.2, 0) is 0 Å². The highest BCUT2D eigenvalue weighted by Gasteiger charge is 2.12. The van der Waals surface area contributed by atoms with Crippen molar-refractivity contribution in [1.29, 1.82) is 0 Å². The van der Waals surface area contributed by atoms with E-state index >= 15 is 0 Å². The van der Waals surface area contributed by atoms with Crippen LogP contribution < -0.4 is 0 Å². The molecule has 2 aromatic heterocycles. The summed E-state index contributed by atoms with van der Waals surface area (Å²) >= 11 is 5.97. The van der Waals surface area contributed by atoms with E-state index in [1.807, 2.05) is 42.7 Å². The third-order valence-corrected chi connectivity index (χ3v) is 3.48. The molecule has 0 N–H and O–H groups in total. The molecule has 3 rings (SSSR count). The van der Waals surface area contributed by atoms with Crippen LogP contribution in [0.2, 0.25) is 5.15 Å². The number of nitrogens with zero attached hydrogens (tertiary/aromatic N) is 4. The fourth-order valence-corrected chi connectivity index (χ4v) is 2.10. The van der Waals surface area contributed by atoms with Gasteiger partial charge in [0.1, 0.15) is 6.33 Å². The fraction of sp³-hybridized carbons (Fsp3) is 0.154. The zero-order chi connectivity index (χ0) is 12.7. The van der Waals surface area contributed by atoms with Crippen molar-refractivity contribution in [2.45, 2.75) is 13.8 Å². The van der Waals surface area contributed by atoms with Crippen molar-refractivity contribution in [3.05, 3.63) is 46.9 Å². The van der Waals surface area contributed by atoms with Crippen LogP contribution in [0.4, 0.5) is 0 Å². The van der Waals surface area contributed by atoms with Crippen molar-refractivity contribution in [1.82, 2.24) is 19.7 Å². The average Bonchev–Trinajstić information content (AvgIpc) is 2.80. The Morgan fingerprint density at radius 1 is 1.06 bits per heavy atom. The first kappa shape index (κ1) is 11.2. The number of rotatable bonds is 1. The van der Waals surface area contributed by atoms with E-state index in [2.05, 4.69) is 15.2 Å². The number of hydrogen-bond donors (Lipinski definition) is 0. The molecule has 4 nitrogen and oxygen atoms in total. The van der Waals surface area contributed by atoms with E-state index in [0.717, 1.165) is 28.0 Å². The molecular weight excluding hydrogens is 248 g/mol. The molecule has 0 aliphatic carbocycles. The molecular formula is C13H11ClN4. The maximum Gasteiger partial charge on any atom is 0.164 e. The Bertz CT molecular complexity index is 733. The first-order valence-corrected chi connectivity index (χ1v) is 5.98. The monoisotopic (exact) mass is 258 g/mol. The molecule has 0 aliphatic heterocycles. The Balaban J connectivity index is 2.30.